The van der Waals surface area contributed by atoms with E-state index in [0.29, 0.717) is 17.2 Å². The lowest BCUT2D eigenvalue weighted by Crippen LogP contribution is -2.80. The van der Waals surface area contributed by atoms with Crippen molar-refractivity contribution in [2.75, 3.05) is 10.6 Å². The van der Waals surface area contributed by atoms with Gasteiger partial charge in [0.25, 0.3) is 0 Å². The summed E-state index contributed by atoms with van der Waals surface area (Å²) in [4.78, 5) is 42.9. The predicted octanol–water partition coefficient (Wildman–Crippen LogP) is 2.11. The summed E-state index contributed by atoms with van der Waals surface area (Å²) in [7, 11) is 63.2. The van der Waals surface area contributed by atoms with Gasteiger partial charge in [-0.05, 0) is 172 Å². The van der Waals surface area contributed by atoms with Crippen LogP contribution in [0.2, 0.25) is 0 Å². The maximum absolute atomic E-state index is 12.7. The number of anilines is 2. The van der Waals surface area contributed by atoms with E-state index in [-0.39, 0.29) is 5.95 Å². The molecule has 2 amide bonds. The Balaban J connectivity index is 0.000000535. The highest BCUT2D eigenvalue weighted by atomic mass is 16.6. The second-order valence-corrected chi connectivity index (χ2v) is 18.2. The maximum Gasteiger partial charge on any atom is 0.427 e. The van der Waals surface area contributed by atoms with Crippen LogP contribution in [0.25, 0.3) is 21.8 Å². The van der Waals surface area contributed by atoms with E-state index in [4.69, 9.17) is 100 Å². The second-order valence-electron chi connectivity index (χ2n) is 18.2. The molecular weight excluding hydrogens is 941 g/mol. The number of amides is 2. The normalized spacial score (nSPS) is 8.92. The van der Waals surface area contributed by atoms with Crippen LogP contribution >= 0.6 is 0 Å². The first-order chi connectivity index (χ1) is 36.6. The van der Waals surface area contributed by atoms with Crippen molar-refractivity contribution >= 4 is 188 Å². The fraction of sp³-hybridized carbons (Fsp3) is 0.208. The standard InChI is InChI=1S/C20H4.C19H25N3O4.C9H9N3.B20/c1-3-5-7-9-11-13-15-17-19-20-18-16-14-12-10-8-6-4-2;1-12-13-10-8-9-11-14(13)21-15(20-12)22(16(23)25-18(2,3)4)17(24)26-19(5,6)7;1-6-7-4-2-3-5-8(7)12-9(10)11-6;1-12(2)17(11)20(18(13(3)4)14(5)6)19(15(7)8)16(9)10/h1-2H2;8-11H,1-7H3;2-5H,1H3,(H2,10,11,12);. The third-order valence-corrected chi connectivity index (χ3v) is 9.62. The second kappa shape index (κ2) is 35.2. The average molecular weight is 979 g/mol. The van der Waals surface area contributed by atoms with Gasteiger partial charge in [-0.3, -0.25) is 0 Å². The number of carbonyl (C=O) groups excluding carboxylic acids is 2. The van der Waals surface area contributed by atoms with Crippen LogP contribution in [0.4, 0.5) is 21.5 Å². The topological polar surface area (TPSA) is 133 Å². The van der Waals surface area contributed by atoms with Crippen LogP contribution < -0.4 is 10.6 Å². The summed E-state index contributed by atoms with van der Waals surface area (Å²) in [6.45, 7) is 20.6. The Morgan fingerprint density at radius 3 is 1.09 bits per heavy atom. The van der Waals surface area contributed by atoms with Gasteiger partial charge in [0.15, 0.2) is 0 Å². The molecule has 0 spiro atoms. The van der Waals surface area contributed by atoms with E-state index in [1.807, 2.05) is 49.4 Å². The van der Waals surface area contributed by atoms with Crippen LogP contribution in [-0.4, -0.2) is 186 Å². The van der Waals surface area contributed by atoms with E-state index in [2.05, 4.69) is 136 Å². The summed E-state index contributed by atoms with van der Waals surface area (Å²) < 4.78 is 10.7. The molecule has 0 fully saturated rings. The quantitative estimate of drug-likeness (QED) is 0.198. The van der Waals surface area contributed by atoms with E-state index >= 15 is 0 Å². The van der Waals surface area contributed by atoms with Crippen LogP contribution in [0.1, 0.15) is 52.9 Å². The third-order valence-electron chi connectivity index (χ3n) is 9.62. The number of hydrogen-bond donors (Lipinski definition) is 1. The Bertz CT molecular complexity index is 3320. The largest absolute Gasteiger partial charge is 0.443 e. The van der Waals surface area contributed by atoms with Crippen LogP contribution in [0, 0.1) is 13.8 Å². The van der Waals surface area contributed by atoms with Crippen LogP contribution in [0.5, 0.6) is 0 Å². The molecular formula is C48H38B20N6O4. The molecule has 0 bridgehead atoms. The number of imide groups is 1. The first kappa shape index (κ1) is 68.8. The summed E-state index contributed by atoms with van der Waals surface area (Å²) in [5, 5.41) is 1.90. The summed E-state index contributed by atoms with van der Waals surface area (Å²) in [6, 6.07) is 15.2. The van der Waals surface area contributed by atoms with Crippen LogP contribution in [0.15, 0.2) is 165 Å². The van der Waals surface area contributed by atoms with Gasteiger partial charge in [-0.15, -0.1) is 4.90 Å². The number of aromatic nitrogens is 4. The smallest absolute Gasteiger partial charge is 0.427 e. The van der Waals surface area contributed by atoms with Crippen LogP contribution in [-0.2, 0) is 9.47 Å². The van der Waals surface area contributed by atoms with E-state index in [1.54, 1.807) is 54.5 Å². The summed E-state index contributed by atoms with van der Waals surface area (Å²) in [6.07, 6.45) is -8.93. The van der Waals surface area contributed by atoms with Gasteiger partial charge in [0.2, 0.25) is 11.9 Å². The zero-order valence-electron chi connectivity index (χ0n) is 45.0. The molecule has 0 saturated carbocycles. The Morgan fingerprint density at radius 1 is 0.474 bits per heavy atom. The van der Waals surface area contributed by atoms with Crippen molar-refractivity contribution in [1.82, 2.24) is 19.9 Å². The zero-order chi connectivity index (χ0) is 59.2. The number of aryl methyl sites for hydroxylation is 2. The van der Waals surface area contributed by atoms with E-state index < -0.39 is 80.9 Å². The summed E-state index contributed by atoms with van der Waals surface area (Å²) in [5.74, 6) is 0.260. The van der Waals surface area contributed by atoms with Crippen molar-refractivity contribution in [1.29, 1.82) is 0 Å². The first-order valence-corrected chi connectivity index (χ1v) is 23.4. The lowest BCUT2D eigenvalue weighted by molar-refractivity contribution is 0.0427. The third kappa shape index (κ3) is 26.2. The SMILES string of the molecule is C=C=C=C=C=C=C=C=C=C=C=C=C=C=C=C=C=C=C=C.Cc1nc(N(C(=O)OC(C)(C)C)C(=O)OC(C)(C)C)nc2ccccc12.Cc1nc(N)nc2ccccc12.[B]B([B])B([B])B(B(B([B])[B])B([B])[B])B(B([B])[B])B([B])[B]. The molecule has 2 heterocycles. The van der Waals surface area contributed by atoms with Crippen molar-refractivity contribution in [3.8, 4) is 0 Å². The van der Waals surface area contributed by atoms with Gasteiger partial charge in [0.1, 0.15) is 11.2 Å². The molecule has 344 valence electrons. The van der Waals surface area contributed by atoms with Gasteiger partial charge >= 0.3 is 12.2 Å². The highest BCUT2D eigenvalue weighted by Gasteiger charge is 2.44. The minimum atomic E-state index is -0.889. The number of hydrogen-bond acceptors (Lipinski definition) is 9. The van der Waals surface area contributed by atoms with E-state index in [9.17, 15) is 9.59 Å². The van der Waals surface area contributed by atoms with Crippen LogP contribution in [0.3, 0.4) is 0 Å². The molecule has 0 unspecified atom stereocenters. The molecule has 0 atom stereocenters. The number of para-hydroxylation sites is 2. The van der Waals surface area contributed by atoms with Gasteiger partial charge in [0.05, 0.1) is 22.4 Å². The van der Waals surface area contributed by atoms with E-state index in [0.717, 1.165) is 26.9 Å². The first-order valence-electron chi connectivity index (χ1n) is 23.4. The van der Waals surface area contributed by atoms with Gasteiger partial charge in [-0.25, -0.2) is 29.5 Å². The van der Waals surface area contributed by atoms with Gasteiger partial charge in [0, 0.05) is 153 Å². The number of rotatable bonds is 9. The number of nitrogens with two attached hydrogens (primary N) is 1. The van der Waals surface area contributed by atoms with Gasteiger partial charge < -0.3 is 15.2 Å². The minimum Gasteiger partial charge on any atom is -0.443 e. The molecule has 2 N–H and O–H groups in total. The number of fused-ring (bicyclic) bond motifs is 2. The minimum absolute atomic E-state index is 0.0790. The maximum atomic E-state index is 12.7. The highest BCUT2D eigenvalue weighted by Crippen LogP contribution is 2.23. The zero-order valence-corrected chi connectivity index (χ0v) is 45.0. The number of nitrogen functional groups attached to an aromatic ring is 1. The van der Waals surface area contributed by atoms with Crippen molar-refractivity contribution in [3.05, 3.63) is 176 Å². The molecule has 0 aliphatic heterocycles. The van der Waals surface area contributed by atoms with Crippen molar-refractivity contribution in [3.63, 3.8) is 0 Å². The lowest BCUT2D eigenvalue weighted by Gasteiger charge is -2.42. The van der Waals surface area contributed by atoms with Gasteiger partial charge in [-0.1, -0.05) is 47.9 Å². The molecule has 0 saturated heterocycles. The predicted molar refractivity (Wildman–Crippen MR) is 337 cm³/mol. The fourth-order valence-corrected chi connectivity index (χ4v) is 6.52. The Kier molecular flexibility index (Phi) is 31.0. The molecule has 0 aliphatic rings. The summed E-state index contributed by atoms with van der Waals surface area (Å²) in [5.41, 5.74) is 51.4. The molecule has 78 heavy (non-hydrogen) atoms. The molecule has 0 aliphatic carbocycles. The number of carbonyl (C=O) groups is 2. The van der Waals surface area contributed by atoms with Crippen molar-refractivity contribution in [2.45, 2.75) is 66.6 Å². The van der Waals surface area contributed by atoms with Crippen molar-refractivity contribution in [2.24, 2.45) is 0 Å². The van der Waals surface area contributed by atoms with Gasteiger partial charge in [-0.2, -0.15) is 0 Å². The number of nitrogens with zero attached hydrogens (tertiary/aromatic N) is 5. The molecule has 4 rings (SSSR count). The monoisotopic (exact) mass is 982 g/mol. The molecule has 22 radical (unpaired) electrons. The lowest BCUT2D eigenvalue weighted by atomic mass is 8.39. The molecule has 30 heteroatoms. The Labute approximate surface area is 478 Å². The number of ether oxygens (including phenoxy) is 2. The Morgan fingerprint density at radius 2 is 0.782 bits per heavy atom. The average Bonchev–Trinajstić information content (AvgIpc) is 3.32. The van der Waals surface area contributed by atoms with E-state index in [1.165, 1.54) is 0 Å². The summed E-state index contributed by atoms with van der Waals surface area (Å²) >= 11 is 0. The molecule has 4 aromatic rings. The number of benzene rings is 2. The van der Waals surface area contributed by atoms with Crippen molar-refractivity contribution < 1.29 is 19.1 Å². The fourth-order valence-electron chi connectivity index (χ4n) is 6.52. The molecule has 10 nitrogen and oxygen atoms in total. The highest BCUT2D eigenvalue weighted by molar-refractivity contribution is 8.19. The molecule has 2 aromatic carbocycles. The Hall–Kier alpha value is -7.26. The molecule has 2 aromatic heterocycles.